The molecule has 0 saturated heterocycles. The standard InChI is InChI=1S/C44H42N5O7P/c45-42(50)40(24-34-26-46-38-18-10-9-17-37(34)38)47-43(51)35(23-36-25-39(49-56-36)33-20-19-31-15-7-8-16-32(31)22-33)28-57(53,54)41(21-29-11-3-1-4-12-29)48-44(52)55-27-30-13-5-2-6-14-30/h1-20,22,25-26,35,40-41,46H,21,23-24,27-28H2,(H2,45,50)(H,47,51)(H,48,52)(H,53,54)/t35-,40-,41+/m0/s1. The Morgan fingerprint density at radius 2 is 1.47 bits per heavy atom. The molecule has 0 aliphatic heterocycles. The van der Waals surface area contributed by atoms with Crippen molar-refractivity contribution in [2.24, 2.45) is 11.7 Å². The number of aromatic nitrogens is 2. The molecule has 0 fully saturated rings. The first-order valence-corrected chi connectivity index (χ1v) is 20.4. The van der Waals surface area contributed by atoms with Crippen LogP contribution in [0.2, 0.25) is 0 Å². The van der Waals surface area contributed by atoms with Gasteiger partial charge < -0.3 is 35.5 Å². The van der Waals surface area contributed by atoms with Gasteiger partial charge in [-0.25, -0.2) is 4.79 Å². The Kier molecular flexibility index (Phi) is 11.9. The molecule has 6 N–H and O–H groups in total. The molecule has 57 heavy (non-hydrogen) atoms. The summed E-state index contributed by atoms with van der Waals surface area (Å²) in [6, 6.07) is 39.8. The van der Waals surface area contributed by atoms with Crippen LogP contribution in [0.1, 0.15) is 22.5 Å². The fraction of sp³-hybridized carbons (Fsp3) is 0.182. The first-order chi connectivity index (χ1) is 27.6. The van der Waals surface area contributed by atoms with Gasteiger partial charge in [-0.3, -0.25) is 14.2 Å². The SMILES string of the molecule is NC(=O)[C@H](Cc1c[nH]c2ccccc12)NC(=O)[C@@H](Cc1cc(-c2ccc3ccccc3c2)no1)CP(=O)(O)[C@H](Cc1ccccc1)NC(=O)OCc1ccccc1. The average molecular weight is 784 g/mol. The molecule has 0 aliphatic rings. The predicted octanol–water partition coefficient (Wildman–Crippen LogP) is 7.11. The maximum atomic E-state index is 14.6. The number of ether oxygens (including phenoxy) is 1. The summed E-state index contributed by atoms with van der Waals surface area (Å²) in [5, 5.41) is 12.5. The maximum absolute atomic E-state index is 14.6. The number of aromatic amines is 1. The number of carbonyl (C=O) groups excluding carboxylic acids is 3. The zero-order valence-corrected chi connectivity index (χ0v) is 31.8. The van der Waals surface area contributed by atoms with Crippen molar-refractivity contribution in [3.63, 3.8) is 0 Å². The summed E-state index contributed by atoms with van der Waals surface area (Å²) in [6.07, 6.45) is 0.187. The van der Waals surface area contributed by atoms with E-state index >= 15 is 0 Å². The highest BCUT2D eigenvalue weighted by Gasteiger charge is 2.39. The third-order valence-electron chi connectivity index (χ3n) is 9.92. The molecular weight excluding hydrogens is 741 g/mol. The van der Waals surface area contributed by atoms with Crippen molar-refractivity contribution in [1.82, 2.24) is 20.8 Å². The van der Waals surface area contributed by atoms with Crippen molar-refractivity contribution >= 4 is 47.0 Å². The van der Waals surface area contributed by atoms with Gasteiger partial charge in [-0.15, -0.1) is 0 Å². The highest BCUT2D eigenvalue weighted by Crippen LogP contribution is 2.48. The topological polar surface area (TPSA) is 190 Å². The van der Waals surface area contributed by atoms with E-state index < -0.39 is 49.2 Å². The van der Waals surface area contributed by atoms with Gasteiger partial charge in [0.05, 0.1) is 5.92 Å². The van der Waals surface area contributed by atoms with Gasteiger partial charge in [0.25, 0.3) is 0 Å². The average Bonchev–Trinajstić information content (AvgIpc) is 3.87. The van der Waals surface area contributed by atoms with Gasteiger partial charge in [0.2, 0.25) is 19.2 Å². The van der Waals surface area contributed by atoms with Crippen LogP contribution < -0.4 is 16.4 Å². The van der Waals surface area contributed by atoms with E-state index in [1.165, 1.54) is 0 Å². The van der Waals surface area contributed by atoms with E-state index in [2.05, 4.69) is 20.8 Å². The second-order valence-electron chi connectivity index (χ2n) is 14.0. The van der Waals surface area contributed by atoms with E-state index in [-0.39, 0.29) is 31.6 Å². The zero-order valence-electron chi connectivity index (χ0n) is 30.9. The molecule has 7 rings (SSSR count). The number of para-hydroxylation sites is 1. The predicted molar refractivity (Wildman–Crippen MR) is 218 cm³/mol. The minimum Gasteiger partial charge on any atom is -0.445 e. The number of nitrogens with one attached hydrogen (secondary N) is 3. The van der Waals surface area contributed by atoms with Gasteiger partial charge in [-0.05, 0) is 39.6 Å². The third-order valence-corrected chi connectivity index (χ3v) is 12.2. The van der Waals surface area contributed by atoms with Crippen LogP contribution >= 0.6 is 7.37 Å². The smallest absolute Gasteiger partial charge is 0.408 e. The van der Waals surface area contributed by atoms with E-state index in [0.29, 0.717) is 11.3 Å². The van der Waals surface area contributed by atoms with Crippen molar-refractivity contribution in [2.45, 2.75) is 37.7 Å². The number of amides is 3. The molecule has 4 atom stereocenters. The first-order valence-electron chi connectivity index (χ1n) is 18.5. The number of nitrogens with zero attached hydrogens (tertiary/aromatic N) is 1. The molecule has 5 aromatic carbocycles. The van der Waals surface area contributed by atoms with Crippen LogP contribution in [0.5, 0.6) is 0 Å². The molecule has 3 amide bonds. The number of benzene rings is 5. The van der Waals surface area contributed by atoms with Crippen molar-refractivity contribution in [1.29, 1.82) is 0 Å². The van der Waals surface area contributed by atoms with Crippen LogP contribution in [-0.2, 0) is 44.8 Å². The number of hydrogen-bond acceptors (Lipinski definition) is 7. The molecule has 0 bridgehead atoms. The Morgan fingerprint density at radius 3 is 2.23 bits per heavy atom. The normalized spacial score (nSPS) is 14.0. The number of fused-ring (bicyclic) bond motifs is 2. The molecule has 13 heteroatoms. The van der Waals surface area contributed by atoms with Crippen LogP contribution in [0.3, 0.4) is 0 Å². The van der Waals surface area contributed by atoms with Crippen molar-refractivity contribution in [3.8, 4) is 11.3 Å². The van der Waals surface area contributed by atoms with E-state index in [1.54, 1.807) is 48.7 Å². The number of rotatable bonds is 16. The number of H-pyrrole nitrogens is 1. The highest BCUT2D eigenvalue weighted by molar-refractivity contribution is 7.58. The van der Waals surface area contributed by atoms with E-state index in [9.17, 15) is 23.8 Å². The molecule has 0 radical (unpaired) electrons. The number of carbonyl (C=O) groups is 3. The molecular formula is C44H42N5O7P. The summed E-state index contributed by atoms with van der Waals surface area (Å²) < 4.78 is 25.7. The molecule has 2 aromatic heterocycles. The number of hydrogen-bond donors (Lipinski definition) is 5. The second-order valence-corrected chi connectivity index (χ2v) is 16.5. The van der Waals surface area contributed by atoms with Gasteiger partial charge in [0.1, 0.15) is 29.9 Å². The Bertz CT molecular complexity index is 2540. The summed E-state index contributed by atoms with van der Waals surface area (Å²) >= 11 is 0. The lowest BCUT2D eigenvalue weighted by Gasteiger charge is -2.28. The Morgan fingerprint density at radius 1 is 0.789 bits per heavy atom. The molecule has 12 nitrogen and oxygen atoms in total. The van der Waals surface area contributed by atoms with E-state index in [1.807, 2.05) is 91.0 Å². The molecule has 0 saturated carbocycles. The van der Waals surface area contributed by atoms with Gasteiger partial charge in [-0.2, -0.15) is 0 Å². The maximum Gasteiger partial charge on any atom is 0.408 e. The lowest BCUT2D eigenvalue weighted by atomic mass is 10.0. The monoisotopic (exact) mass is 783 g/mol. The number of alkyl carbamates (subject to hydrolysis) is 1. The van der Waals surface area contributed by atoms with Crippen LogP contribution in [0.15, 0.2) is 144 Å². The third kappa shape index (κ3) is 9.85. The summed E-state index contributed by atoms with van der Waals surface area (Å²) in [5.74, 6) is -3.74. The minimum absolute atomic E-state index is 0.0255. The van der Waals surface area contributed by atoms with Crippen molar-refractivity contribution in [2.75, 3.05) is 6.16 Å². The summed E-state index contributed by atoms with van der Waals surface area (Å²) in [4.78, 5) is 55.3. The summed E-state index contributed by atoms with van der Waals surface area (Å²) in [5.41, 5.74) is 10.2. The Hall–Kier alpha value is -6.49. The van der Waals surface area contributed by atoms with Crippen LogP contribution in [0, 0.1) is 5.92 Å². The quantitative estimate of drug-likeness (QED) is 0.0641. The zero-order chi connectivity index (χ0) is 39.8. The molecule has 0 aliphatic carbocycles. The largest absolute Gasteiger partial charge is 0.445 e. The fourth-order valence-corrected chi connectivity index (χ4v) is 8.87. The van der Waals surface area contributed by atoms with Gasteiger partial charge in [0.15, 0.2) is 0 Å². The minimum atomic E-state index is -4.46. The lowest BCUT2D eigenvalue weighted by Crippen LogP contribution is -2.49. The van der Waals surface area contributed by atoms with Crippen LogP contribution in [0.25, 0.3) is 32.9 Å². The van der Waals surface area contributed by atoms with E-state index in [4.69, 9.17) is 15.0 Å². The molecule has 2 heterocycles. The first kappa shape index (κ1) is 38.8. The lowest BCUT2D eigenvalue weighted by molar-refractivity contribution is -0.129. The van der Waals surface area contributed by atoms with Crippen molar-refractivity contribution in [3.05, 3.63) is 162 Å². The van der Waals surface area contributed by atoms with Crippen molar-refractivity contribution < 1.29 is 33.1 Å². The highest BCUT2D eigenvalue weighted by atomic mass is 31.2. The Balaban J connectivity index is 1.16. The molecule has 7 aromatic rings. The second kappa shape index (κ2) is 17.5. The molecule has 1 unspecified atom stereocenters. The molecule has 290 valence electrons. The fourth-order valence-electron chi connectivity index (χ4n) is 6.89. The Labute approximate surface area is 328 Å². The van der Waals surface area contributed by atoms with Gasteiger partial charge in [-0.1, -0.05) is 120 Å². The number of primary amides is 1. The van der Waals surface area contributed by atoms with Crippen LogP contribution in [-0.4, -0.2) is 50.9 Å². The molecule has 0 spiro atoms. The van der Waals surface area contributed by atoms with Crippen LogP contribution in [0.4, 0.5) is 4.79 Å². The van der Waals surface area contributed by atoms with E-state index in [0.717, 1.165) is 38.4 Å². The van der Waals surface area contributed by atoms with Gasteiger partial charge in [0, 0.05) is 54.2 Å². The summed E-state index contributed by atoms with van der Waals surface area (Å²) in [7, 11) is -4.46. The van der Waals surface area contributed by atoms with Gasteiger partial charge >= 0.3 is 6.09 Å². The number of nitrogens with two attached hydrogens (primary N) is 1. The summed E-state index contributed by atoms with van der Waals surface area (Å²) in [6.45, 7) is -0.0541.